The van der Waals surface area contributed by atoms with E-state index in [-0.39, 0.29) is 13.0 Å². The molecule has 0 spiro atoms. The molecule has 2 rings (SSSR count). The van der Waals surface area contributed by atoms with Crippen LogP contribution in [0.1, 0.15) is 18.9 Å². The Kier molecular flexibility index (Phi) is 4.59. The molecule has 1 aromatic rings. The molecule has 22 heavy (non-hydrogen) atoms. The fourth-order valence-electron chi connectivity index (χ4n) is 2.57. The Morgan fingerprint density at radius 3 is 2.77 bits per heavy atom. The molecule has 1 heterocycles. The van der Waals surface area contributed by atoms with Crippen LogP contribution in [-0.2, 0) is 11.2 Å². The molecular weight excluding hydrogens is 295 g/mol. The van der Waals surface area contributed by atoms with Gasteiger partial charge in [-0.1, -0.05) is 19.1 Å². The summed E-state index contributed by atoms with van der Waals surface area (Å²) in [5, 5.41) is 9.32. The van der Waals surface area contributed by atoms with Crippen molar-refractivity contribution in [1.29, 1.82) is 5.26 Å². The number of aryl methyl sites for hydroxylation is 1. The zero-order valence-electron chi connectivity index (χ0n) is 12.1. The molecule has 1 fully saturated rings. The van der Waals surface area contributed by atoms with Gasteiger partial charge in [-0.3, -0.25) is 9.69 Å². The number of carbonyl (C=O) groups is 1. The number of hydrogen-bond acceptors (Lipinski definition) is 3. The summed E-state index contributed by atoms with van der Waals surface area (Å²) in [4.78, 5) is 14.1. The first-order valence-corrected chi connectivity index (χ1v) is 6.99. The van der Waals surface area contributed by atoms with Gasteiger partial charge in [0.1, 0.15) is 12.6 Å². The van der Waals surface area contributed by atoms with Crippen LogP contribution < -0.4 is 4.90 Å². The number of benzene rings is 1. The van der Waals surface area contributed by atoms with Gasteiger partial charge in [0.15, 0.2) is 6.19 Å². The van der Waals surface area contributed by atoms with E-state index in [0.717, 1.165) is 16.9 Å². The van der Waals surface area contributed by atoms with Crippen molar-refractivity contribution >= 4 is 11.6 Å². The molecule has 1 amide bonds. The van der Waals surface area contributed by atoms with Crippen molar-refractivity contribution in [3.63, 3.8) is 0 Å². The summed E-state index contributed by atoms with van der Waals surface area (Å²) in [5.41, 5.74) is 1.53. The van der Waals surface area contributed by atoms with Gasteiger partial charge in [0.25, 0.3) is 0 Å². The van der Waals surface area contributed by atoms with Gasteiger partial charge >= 0.3 is 6.18 Å². The predicted octanol–water partition coefficient (Wildman–Crippen LogP) is 2.70. The highest BCUT2D eigenvalue weighted by molar-refractivity contribution is 5.88. The number of hydrogen-bond donors (Lipinski definition) is 0. The number of nitriles is 1. The Balaban J connectivity index is 2.19. The first-order chi connectivity index (χ1) is 10.4. The molecule has 0 saturated carbocycles. The second kappa shape index (κ2) is 6.26. The van der Waals surface area contributed by atoms with Crippen molar-refractivity contribution in [2.45, 2.75) is 32.0 Å². The van der Waals surface area contributed by atoms with Gasteiger partial charge in [0, 0.05) is 6.54 Å². The molecule has 1 atom stereocenters. The molecule has 1 unspecified atom stereocenters. The monoisotopic (exact) mass is 311 g/mol. The highest BCUT2D eigenvalue weighted by atomic mass is 19.4. The van der Waals surface area contributed by atoms with Gasteiger partial charge in [-0.2, -0.15) is 18.4 Å². The summed E-state index contributed by atoms with van der Waals surface area (Å²) in [5.74, 6) is -0.652. The SMILES string of the molecule is CCc1cccc(N(C#N)C2CCN(CC(F)(F)F)C2=O)c1. The van der Waals surface area contributed by atoms with Gasteiger partial charge in [0.2, 0.25) is 5.91 Å². The topological polar surface area (TPSA) is 47.3 Å². The maximum atomic E-state index is 12.4. The molecular formula is C15H16F3N3O. The minimum Gasteiger partial charge on any atom is -0.332 e. The van der Waals surface area contributed by atoms with Crippen LogP contribution in [0.5, 0.6) is 0 Å². The van der Waals surface area contributed by atoms with Crippen LogP contribution >= 0.6 is 0 Å². The Morgan fingerprint density at radius 2 is 2.18 bits per heavy atom. The summed E-state index contributed by atoms with van der Waals surface area (Å²) in [7, 11) is 0. The number of likely N-dealkylation sites (tertiary alicyclic amines) is 1. The summed E-state index contributed by atoms with van der Waals surface area (Å²) in [6.07, 6.45) is -1.52. The van der Waals surface area contributed by atoms with Crippen LogP contribution in [0.25, 0.3) is 0 Å². The van der Waals surface area contributed by atoms with Gasteiger partial charge in [0.05, 0.1) is 5.69 Å². The van der Waals surface area contributed by atoms with E-state index in [1.807, 2.05) is 19.2 Å². The summed E-state index contributed by atoms with van der Waals surface area (Å²) < 4.78 is 37.3. The summed E-state index contributed by atoms with van der Waals surface area (Å²) in [6, 6.07) is 6.27. The van der Waals surface area contributed by atoms with Gasteiger partial charge in [-0.15, -0.1) is 0 Å². The van der Waals surface area contributed by atoms with Crippen LogP contribution in [0.15, 0.2) is 24.3 Å². The fraction of sp³-hybridized carbons (Fsp3) is 0.467. The number of rotatable bonds is 4. The van der Waals surface area contributed by atoms with E-state index in [0.29, 0.717) is 5.69 Å². The Labute approximate surface area is 126 Å². The normalized spacial score (nSPS) is 18.4. The zero-order valence-corrected chi connectivity index (χ0v) is 12.1. The van der Waals surface area contributed by atoms with E-state index in [9.17, 15) is 23.2 Å². The molecule has 1 saturated heterocycles. The van der Waals surface area contributed by atoms with Crippen molar-refractivity contribution in [1.82, 2.24) is 4.90 Å². The predicted molar refractivity (Wildman–Crippen MR) is 75.0 cm³/mol. The van der Waals surface area contributed by atoms with E-state index in [2.05, 4.69) is 0 Å². The lowest BCUT2D eigenvalue weighted by Crippen LogP contribution is -2.42. The summed E-state index contributed by atoms with van der Waals surface area (Å²) in [6.45, 7) is 0.701. The van der Waals surface area contributed by atoms with E-state index < -0.39 is 24.7 Å². The molecule has 0 radical (unpaired) electrons. The van der Waals surface area contributed by atoms with Crippen molar-refractivity contribution in [2.75, 3.05) is 18.0 Å². The smallest absolute Gasteiger partial charge is 0.332 e. The largest absolute Gasteiger partial charge is 0.406 e. The van der Waals surface area contributed by atoms with Crippen LogP contribution in [0.2, 0.25) is 0 Å². The molecule has 1 aliphatic rings. The van der Waals surface area contributed by atoms with Crippen LogP contribution in [0.3, 0.4) is 0 Å². The maximum Gasteiger partial charge on any atom is 0.406 e. The molecule has 0 aliphatic carbocycles. The second-order valence-corrected chi connectivity index (χ2v) is 5.17. The fourth-order valence-corrected chi connectivity index (χ4v) is 2.57. The highest BCUT2D eigenvalue weighted by Gasteiger charge is 2.41. The molecule has 0 bridgehead atoms. The molecule has 4 nitrogen and oxygen atoms in total. The second-order valence-electron chi connectivity index (χ2n) is 5.17. The average molecular weight is 311 g/mol. The Hall–Kier alpha value is -2.23. The Bertz CT molecular complexity index is 594. The first kappa shape index (κ1) is 16.1. The van der Waals surface area contributed by atoms with E-state index in [1.54, 1.807) is 18.2 Å². The number of amides is 1. The zero-order chi connectivity index (χ0) is 16.3. The standard InChI is InChI=1S/C15H16F3N3O/c1-2-11-4-3-5-12(8-11)21(10-19)13-6-7-20(14(13)22)9-15(16,17)18/h3-5,8,13H,2,6-7,9H2,1H3. The Morgan fingerprint density at radius 1 is 1.45 bits per heavy atom. The van der Waals surface area contributed by atoms with Crippen molar-refractivity contribution in [2.24, 2.45) is 0 Å². The number of anilines is 1. The third kappa shape index (κ3) is 3.50. The van der Waals surface area contributed by atoms with E-state index in [1.165, 1.54) is 4.90 Å². The molecule has 0 N–H and O–H groups in total. The number of alkyl halides is 3. The lowest BCUT2D eigenvalue weighted by Gasteiger charge is -2.23. The number of halogens is 3. The van der Waals surface area contributed by atoms with Crippen LogP contribution in [-0.4, -0.2) is 36.1 Å². The minimum atomic E-state index is -4.43. The summed E-state index contributed by atoms with van der Waals surface area (Å²) >= 11 is 0. The maximum absolute atomic E-state index is 12.4. The molecule has 7 heteroatoms. The average Bonchev–Trinajstić information content (AvgIpc) is 2.80. The number of carbonyl (C=O) groups excluding carboxylic acids is 1. The third-order valence-electron chi connectivity index (χ3n) is 3.66. The van der Waals surface area contributed by atoms with Gasteiger partial charge < -0.3 is 4.90 Å². The molecule has 1 aromatic carbocycles. The van der Waals surface area contributed by atoms with Crippen LogP contribution in [0, 0.1) is 11.5 Å². The van der Waals surface area contributed by atoms with E-state index >= 15 is 0 Å². The highest BCUT2D eigenvalue weighted by Crippen LogP contribution is 2.27. The van der Waals surface area contributed by atoms with Crippen molar-refractivity contribution in [3.8, 4) is 6.19 Å². The van der Waals surface area contributed by atoms with Crippen molar-refractivity contribution in [3.05, 3.63) is 29.8 Å². The third-order valence-corrected chi connectivity index (χ3v) is 3.66. The quantitative estimate of drug-likeness (QED) is 0.634. The minimum absolute atomic E-state index is 0.00859. The molecule has 0 aromatic heterocycles. The van der Waals surface area contributed by atoms with Crippen molar-refractivity contribution < 1.29 is 18.0 Å². The lowest BCUT2D eigenvalue weighted by atomic mass is 10.1. The van der Waals surface area contributed by atoms with Gasteiger partial charge in [-0.25, -0.2) is 0 Å². The van der Waals surface area contributed by atoms with Gasteiger partial charge in [-0.05, 0) is 30.5 Å². The molecule has 1 aliphatic heterocycles. The van der Waals surface area contributed by atoms with E-state index in [4.69, 9.17) is 0 Å². The van der Waals surface area contributed by atoms with Crippen LogP contribution in [0.4, 0.5) is 18.9 Å². The lowest BCUT2D eigenvalue weighted by molar-refractivity contribution is -0.157. The number of nitrogens with zero attached hydrogens (tertiary/aromatic N) is 3. The first-order valence-electron chi connectivity index (χ1n) is 6.99. The molecule has 118 valence electrons.